The molecule has 2 aromatic heterocycles. The van der Waals surface area contributed by atoms with Crippen LogP contribution in [0.4, 0.5) is 5.13 Å². The highest BCUT2D eigenvalue weighted by Crippen LogP contribution is 2.40. The van der Waals surface area contributed by atoms with Crippen molar-refractivity contribution in [1.82, 2.24) is 20.5 Å². The van der Waals surface area contributed by atoms with E-state index in [1.807, 2.05) is 0 Å². The summed E-state index contributed by atoms with van der Waals surface area (Å²) in [6, 6.07) is 2.95. The van der Waals surface area contributed by atoms with Crippen molar-refractivity contribution in [1.29, 1.82) is 0 Å². The van der Waals surface area contributed by atoms with Crippen LogP contribution in [0.2, 0.25) is 0 Å². The van der Waals surface area contributed by atoms with Crippen LogP contribution in [0, 0.1) is 0 Å². The number of aliphatic hydroxyl groups is 1. The van der Waals surface area contributed by atoms with Crippen molar-refractivity contribution in [2.45, 2.75) is 43.4 Å². The zero-order valence-corrected chi connectivity index (χ0v) is 16.0. The van der Waals surface area contributed by atoms with Gasteiger partial charge in [0.05, 0.1) is 29.4 Å². The molecular formula is C18H23N5O3S. The standard InChI is InChI=1S/C18H23N5O3S/c1-17(25)11-18(4-7-23(8-5-18)16-22-20-12-27-16)26-10-14(17)21-15(24)13-3-2-6-19-9-13/h2-3,6,9,12,14,25H,4-5,7-8,10-11H2,1H3,(H,21,24)/t14-,17-/m0/s1. The Labute approximate surface area is 161 Å². The summed E-state index contributed by atoms with van der Waals surface area (Å²) in [6.07, 6.45) is 5.24. The zero-order chi connectivity index (χ0) is 18.9. The number of carbonyl (C=O) groups is 1. The normalized spacial score (nSPS) is 27.5. The lowest BCUT2D eigenvalue weighted by Crippen LogP contribution is -2.64. The maximum atomic E-state index is 12.4. The number of nitrogens with one attached hydrogen (secondary N) is 1. The second-order valence-corrected chi connectivity index (χ2v) is 8.32. The molecule has 0 saturated carbocycles. The summed E-state index contributed by atoms with van der Waals surface area (Å²) in [4.78, 5) is 18.6. The number of nitrogens with zero attached hydrogens (tertiary/aromatic N) is 4. The molecule has 2 fully saturated rings. The van der Waals surface area contributed by atoms with Crippen LogP contribution in [0.25, 0.3) is 0 Å². The Morgan fingerprint density at radius 2 is 2.26 bits per heavy atom. The van der Waals surface area contributed by atoms with E-state index in [1.54, 1.807) is 30.8 Å². The van der Waals surface area contributed by atoms with Crippen molar-refractivity contribution >= 4 is 22.4 Å². The van der Waals surface area contributed by atoms with Gasteiger partial charge in [0.25, 0.3) is 5.91 Å². The van der Waals surface area contributed by atoms with Gasteiger partial charge in [-0.15, -0.1) is 10.2 Å². The fourth-order valence-corrected chi connectivity index (χ4v) is 4.55. The average Bonchev–Trinajstić information content (AvgIpc) is 3.20. The average molecular weight is 389 g/mol. The van der Waals surface area contributed by atoms with Gasteiger partial charge in [-0.25, -0.2) is 0 Å². The fourth-order valence-electron chi connectivity index (χ4n) is 3.93. The highest BCUT2D eigenvalue weighted by molar-refractivity contribution is 7.13. The van der Waals surface area contributed by atoms with Gasteiger partial charge < -0.3 is 20.1 Å². The molecule has 2 saturated heterocycles. The van der Waals surface area contributed by atoms with E-state index in [1.165, 1.54) is 17.5 Å². The Morgan fingerprint density at radius 1 is 1.44 bits per heavy atom. The summed E-state index contributed by atoms with van der Waals surface area (Å²) < 4.78 is 6.21. The molecule has 27 heavy (non-hydrogen) atoms. The quantitative estimate of drug-likeness (QED) is 0.815. The molecule has 4 heterocycles. The number of anilines is 1. The molecule has 144 valence electrons. The first-order valence-electron chi connectivity index (χ1n) is 9.06. The second kappa shape index (κ2) is 7.14. The van der Waals surface area contributed by atoms with Crippen LogP contribution >= 0.6 is 11.3 Å². The molecule has 0 bridgehead atoms. The molecule has 2 atom stereocenters. The third kappa shape index (κ3) is 3.80. The minimum atomic E-state index is -1.04. The van der Waals surface area contributed by atoms with Gasteiger partial charge in [0, 0.05) is 31.9 Å². The van der Waals surface area contributed by atoms with Gasteiger partial charge in [-0.2, -0.15) is 0 Å². The number of hydrogen-bond acceptors (Lipinski definition) is 8. The van der Waals surface area contributed by atoms with Gasteiger partial charge in [0.2, 0.25) is 5.13 Å². The summed E-state index contributed by atoms with van der Waals surface area (Å²) in [5, 5.41) is 22.9. The maximum Gasteiger partial charge on any atom is 0.253 e. The van der Waals surface area contributed by atoms with Gasteiger partial charge in [-0.1, -0.05) is 11.3 Å². The summed E-state index contributed by atoms with van der Waals surface area (Å²) >= 11 is 1.53. The van der Waals surface area contributed by atoms with Crippen molar-refractivity contribution in [3.05, 3.63) is 35.6 Å². The van der Waals surface area contributed by atoms with Crippen LogP contribution in [0.15, 0.2) is 30.0 Å². The largest absolute Gasteiger partial charge is 0.388 e. The second-order valence-electron chi connectivity index (χ2n) is 7.50. The summed E-state index contributed by atoms with van der Waals surface area (Å²) in [6.45, 7) is 3.70. The van der Waals surface area contributed by atoms with E-state index < -0.39 is 11.6 Å². The fraction of sp³-hybridized carbons (Fsp3) is 0.556. The number of piperidine rings is 1. The molecule has 2 aliphatic heterocycles. The van der Waals surface area contributed by atoms with E-state index >= 15 is 0 Å². The van der Waals surface area contributed by atoms with E-state index in [-0.39, 0.29) is 18.1 Å². The van der Waals surface area contributed by atoms with Gasteiger partial charge in [-0.05, 0) is 31.9 Å². The first-order valence-corrected chi connectivity index (χ1v) is 9.94. The molecule has 4 rings (SSSR count). The minimum Gasteiger partial charge on any atom is -0.388 e. The number of carbonyl (C=O) groups excluding carboxylic acids is 1. The predicted molar refractivity (Wildman–Crippen MR) is 101 cm³/mol. The van der Waals surface area contributed by atoms with Gasteiger partial charge in [0.15, 0.2) is 0 Å². The topological polar surface area (TPSA) is 100 Å². The first-order chi connectivity index (χ1) is 13.0. The van der Waals surface area contributed by atoms with Gasteiger partial charge in [0.1, 0.15) is 5.51 Å². The molecule has 8 nitrogen and oxygen atoms in total. The van der Waals surface area contributed by atoms with Crippen molar-refractivity contribution in [3.63, 3.8) is 0 Å². The van der Waals surface area contributed by atoms with Crippen LogP contribution in [0.3, 0.4) is 0 Å². The van der Waals surface area contributed by atoms with Crippen molar-refractivity contribution in [2.24, 2.45) is 0 Å². The van der Waals surface area contributed by atoms with Crippen molar-refractivity contribution in [3.8, 4) is 0 Å². The monoisotopic (exact) mass is 389 g/mol. The molecular weight excluding hydrogens is 366 g/mol. The molecule has 1 spiro atoms. The van der Waals surface area contributed by atoms with Crippen LogP contribution in [-0.2, 0) is 4.74 Å². The smallest absolute Gasteiger partial charge is 0.253 e. The molecule has 1 amide bonds. The van der Waals surface area contributed by atoms with E-state index in [9.17, 15) is 9.90 Å². The Hall–Kier alpha value is -2.10. The lowest BCUT2D eigenvalue weighted by Gasteiger charge is -2.51. The Bertz CT molecular complexity index is 776. The van der Waals surface area contributed by atoms with Crippen LogP contribution < -0.4 is 10.2 Å². The van der Waals surface area contributed by atoms with Crippen molar-refractivity contribution in [2.75, 3.05) is 24.6 Å². The molecule has 2 aromatic rings. The highest BCUT2D eigenvalue weighted by atomic mass is 32.1. The van der Waals surface area contributed by atoms with Crippen LogP contribution in [0.1, 0.15) is 36.5 Å². The summed E-state index contributed by atoms with van der Waals surface area (Å²) in [5.74, 6) is -0.251. The number of ether oxygens (including phenoxy) is 1. The van der Waals surface area contributed by atoms with E-state index in [2.05, 4.69) is 25.4 Å². The third-order valence-electron chi connectivity index (χ3n) is 5.51. The molecule has 2 N–H and O–H groups in total. The van der Waals surface area contributed by atoms with Crippen LogP contribution in [0.5, 0.6) is 0 Å². The van der Waals surface area contributed by atoms with E-state index in [4.69, 9.17) is 4.74 Å². The number of rotatable bonds is 3. The summed E-state index contributed by atoms with van der Waals surface area (Å²) in [5.41, 5.74) is 0.803. The van der Waals surface area contributed by atoms with E-state index in [0.717, 1.165) is 31.1 Å². The highest BCUT2D eigenvalue weighted by Gasteiger charge is 2.49. The molecule has 2 aliphatic rings. The molecule has 0 aromatic carbocycles. The lowest BCUT2D eigenvalue weighted by molar-refractivity contribution is -0.176. The predicted octanol–water partition coefficient (Wildman–Crippen LogP) is 1.24. The zero-order valence-electron chi connectivity index (χ0n) is 15.2. The van der Waals surface area contributed by atoms with Gasteiger partial charge >= 0.3 is 0 Å². The Kier molecular flexibility index (Phi) is 4.83. The molecule has 9 heteroatoms. The Morgan fingerprint density at radius 3 is 2.89 bits per heavy atom. The number of hydrogen-bond donors (Lipinski definition) is 2. The Balaban J connectivity index is 1.38. The first kappa shape index (κ1) is 18.3. The van der Waals surface area contributed by atoms with E-state index in [0.29, 0.717) is 12.0 Å². The third-order valence-corrected chi connectivity index (χ3v) is 6.26. The molecule has 0 unspecified atom stereocenters. The SMILES string of the molecule is C[C@]1(O)CC2(CCN(c3nncs3)CC2)OC[C@@H]1NC(=O)c1cccnc1. The number of aromatic nitrogens is 3. The maximum absolute atomic E-state index is 12.4. The van der Waals surface area contributed by atoms with Crippen LogP contribution in [-0.4, -0.2) is 63.1 Å². The number of pyridine rings is 1. The van der Waals surface area contributed by atoms with Gasteiger partial charge in [-0.3, -0.25) is 9.78 Å². The van der Waals surface area contributed by atoms with Crippen molar-refractivity contribution < 1.29 is 14.6 Å². The molecule has 0 aliphatic carbocycles. The lowest BCUT2D eigenvalue weighted by atomic mass is 9.76. The number of amides is 1. The molecule has 0 radical (unpaired) electrons. The summed E-state index contributed by atoms with van der Waals surface area (Å²) in [7, 11) is 0. The minimum absolute atomic E-state index is 0.251.